The third-order valence-corrected chi connectivity index (χ3v) is 4.50. The van der Waals surface area contributed by atoms with Gasteiger partial charge in [-0.1, -0.05) is 5.16 Å². The number of nitrogens with zero attached hydrogens (tertiary/aromatic N) is 2. The first-order valence-corrected chi connectivity index (χ1v) is 7.04. The van der Waals surface area contributed by atoms with Gasteiger partial charge in [0.05, 0.1) is 11.5 Å². The first kappa shape index (κ1) is 11.5. The summed E-state index contributed by atoms with van der Waals surface area (Å²) in [5.41, 5.74) is 0. The smallest absolute Gasteiger partial charge is 0.227 e. The maximum atomic E-state index is 11.2. The molecule has 1 aliphatic rings. The molecule has 1 aromatic heterocycles. The van der Waals surface area contributed by atoms with Gasteiger partial charge in [0.15, 0.2) is 5.82 Å². The molecule has 90 valence electrons. The minimum absolute atomic E-state index is 0.234. The van der Waals surface area contributed by atoms with Crippen molar-refractivity contribution < 1.29 is 18.0 Å². The Labute approximate surface area is 93.6 Å². The number of hydrogen-bond donors (Lipinski definition) is 1. The van der Waals surface area contributed by atoms with Crippen molar-refractivity contribution in [1.29, 1.82) is 0 Å². The number of hydrogen-bond acceptors (Lipinski definition) is 6. The molecule has 16 heavy (non-hydrogen) atoms. The van der Waals surface area contributed by atoms with E-state index in [1.807, 2.05) is 0 Å². The fourth-order valence-electron chi connectivity index (χ4n) is 1.83. The van der Waals surface area contributed by atoms with Crippen molar-refractivity contribution >= 4 is 9.84 Å². The van der Waals surface area contributed by atoms with Crippen LogP contribution in [0.3, 0.4) is 0 Å². The number of sulfone groups is 1. The van der Waals surface area contributed by atoms with Gasteiger partial charge in [-0.3, -0.25) is 0 Å². The van der Waals surface area contributed by atoms with Crippen molar-refractivity contribution in [2.75, 3.05) is 11.5 Å². The second-order valence-electron chi connectivity index (χ2n) is 4.06. The first-order valence-electron chi connectivity index (χ1n) is 5.22. The highest BCUT2D eigenvalue weighted by molar-refractivity contribution is 7.91. The van der Waals surface area contributed by atoms with Crippen LogP contribution >= 0.6 is 0 Å². The third-order valence-electron chi connectivity index (χ3n) is 2.79. The van der Waals surface area contributed by atoms with Crippen LogP contribution in [-0.2, 0) is 22.9 Å². The molecule has 7 heteroatoms. The van der Waals surface area contributed by atoms with Crippen LogP contribution in [0.5, 0.6) is 0 Å². The second kappa shape index (κ2) is 4.50. The topological polar surface area (TPSA) is 93.3 Å². The van der Waals surface area contributed by atoms with Crippen LogP contribution in [0.2, 0.25) is 0 Å². The maximum Gasteiger partial charge on any atom is 0.227 e. The summed E-state index contributed by atoms with van der Waals surface area (Å²) in [5, 5.41) is 12.3. The lowest BCUT2D eigenvalue weighted by Crippen LogP contribution is -2.24. The van der Waals surface area contributed by atoms with Gasteiger partial charge in [-0.2, -0.15) is 4.98 Å². The summed E-state index contributed by atoms with van der Waals surface area (Å²) >= 11 is 0. The normalized spacial score (nSPS) is 21.1. The van der Waals surface area contributed by atoms with Crippen LogP contribution in [0.25, 0.3) is 0 Å². The third kappa shape index (κ3) is 2.79. The molecule has 0 atom stereocenters. The van der Waals surface area contributed by atoms with Crippen LogP contribution in [-0.4, -0.2) is 35.2 Å². The molecule has 0 bridgehead atoms. The highest BCUT2D eigenvalue weighted by Gasteiger charge is 2.25. The largest absolute Gasteiger partial charge is 0.388 e. The highest BCUT2D eigenvalue weighted by atomic mass is 32.2. The zero-order chi connectivity index (χ0) is 11.6. The average molecular weight is 246 g/mol. The van der Waals surface area contributed by atoms with Gasteiger partial charge < -0.3 is 9.63 Å². The molecule has 0 saturated carbocycles. The predicted molar refractivity (Wildman–Crippen MR) is 55.3 cm³/mol. The summed E-state index contributed by atoms with van der Waals surface area (Å²) in [4.78, 5) is 3.98. The van der Waals surface area contributed by atoms with Gasteiger partial charge in [0.2, 0.25) is 5.89 Å². The van der Waals surface area contributed by atoms with Gasteiger partial charge in [0.25, 0.3) is 0 Å². The highest BCUT2D eigenvalue weighted by Crippen LogP contribution is 2.22. The Morgan fingerprint density at radius 3 is 2.62 bits per heavy atom. The molecular formula is C9H14N2O4S. The minimum atomic E-state index is -2.81. The fourth-order valence-corrected chi connectivity index (χ4v) is 3.42. The summed E-state index contributed by atoms with van der Waals surface area (Å²) in [6, 6.07) is 0. The van der Waals surface area contributed by atoms with Crippen molar-refractivity contribution in [2.45, 2.75) is 25.9 Å². The fraction of sp³-hybridized carbons (Fsp3) is 0.778. The second-order valence-corrected chi connectivity index (χ2v) is 6.37. The van der Waals surface area contributed by atoms with Crippen LogP contribution in [0.1, 0.15) is 24.6 Å². The van der Waals surface area contributed by atoms with Crippen LogP contribution < -0.4 is 0 Å². The Hall–Kier alpha value is -0.950. The molecule has 0 amide bonds. The first-order chi connectivity index (χ1) is 7.59. The summed E-state index contributed by atoms with van der Waals surface area (Å²) in [6.45, 7) is -0.234. The lowest BCUT2D eigenvalue weighted by molar-refractivity contribution is 0.262. The molecule has 2 rings (SSSR count). The van der Waals surface area contributed by atoms with Crippen molar-refractivity contribution in [2.24, 2.45) is 5.92 Å². The van der Waals surface area contributed by atoms with E-state index in [9.17, 15) is 8.42 Å². The van der Waals surface area contributed by atoms with E-state index in [2.05, 4.69) is 10.1 Å². The lowest BCUT2D eigenvalue weighted by atomic mass is 9.99. The maximum absolute atomic E-state index is 11.2. The van der Waals surface area contributed by atoms with E-state index in [-0.39, 0.29) is 29.9 Å². The summed E-state index contributed by atoms with van der Waals surface area (Å²) in [6.07, 6.45) is 1.90. The Kier molecular flexibility index (Phi) is 3.25. The van der Waals surface area contributed by atoms with Crippen molar-refractivity contribution in [3.63, 3.8) is 0 Å². The molecule has 0 spiro atoms. The van der Waals surface area contributed by atoms with Gasteiger partial charge in [-0.15, -0.1) is 0 Å². The van der Waals surface area contributed by atoms with Crippen LogP contribution in [0, 0.1) is 5.92 Å². The molecule has 1 N–H and O–H groups in total. The zero-order valence-corrected chi connectivity index (χ0v) is 9.61. The monoisotopic (exact) mass is 246 g/mol. The molecule has 0 aromatic carbocycles. The lowest BCUT2D eigenvalue weighted by Gasteiger charge is -2.19. The van der Waals surface area contributed by atoms with Crippen LogP contribution in [0.4, 0.5) is 0 Å². The van der Waals surface area contributed by atoms with E-state index in [1.165, 1.54) is 0 Å². The van der Waals surface area contributed by atoms with Gasteiger partial charge in [-0.05, 0) is 18.8 Å². The molecule has 1 aliphatic heterocycles. The van der Waals surface area contributed by atoms with Crippen molar-refractivity contribution in [3.8, 4) is 0 Å². The number of aromatic nitrogens is 2. The standard InChI is InChI=1S/C9H14N2O4S/c12-6-8-10-9(15-11-8)5-7-1-3-16(13,14)4-2-7/h7,12H,1-6H2. The van der Waals surface area contributed by atoms with Gasteiger partial charge in [0.1, 0.15) is 16.4 Å². The zero-order valence-electron chi connectivity index (χ0n) is 8.79. The van der Waals surface area contributed by atoms with E-state index in [1.54, 1.807) is 0 Å². The molecule has 1 fully saturated rings. The molecule has 0 radical (unpaired) electrons. The van der Waals surface area contributed by atoms with Gasteiger partial charge in [0, 0.05) is 6.42 Å². The minimum Gasteiger partial charge on any atom is -0.388 e. The molecule has 0 unspecified atom stereocenters. The van der Waals surface area contributed by atoms with Crippen LogP contribution in [0.15, 0.2) is 4.52 Å². The van der Waals surface area contributed by atoms with Gasteiger partial charge >= 0.3 is 0 Å². The van der Waals surface area contributed by atoms with E-state index >= 15 is 0 Å². The Morgan fingerprint density at radius 2 is 2.06 bits per heavy atom. The Morgan fingerprint density at radius 1 is 1.38 bits per heavy atom. The van der Waals surface area contributed by atoms with Crippen molar-refractivity contribution in [3.05, 3.63) is 11.7 Å². The average Bonchev–Trinajstić information content (AvgIpc) is 2.69. The van der Waals surface area contributed by atoms with E-state index in [0.717, 1.165) is 0 Å². The Bertz CT molecular complexity index is 440. The number of rotatable bonds is 3. The van der Waals surface area contributed by atoms with E-state index in [4.69, 9.17) is 9.63 Å². The molecule has 0 aliphatic carbocycles. The molecular weight excluding hydrogens is 232 g/mol. The SMILES string of the molecule is O=S1(=O)CCC(Cc2nc(CO)no2)CC1. The number of aliphatic hydroxyl groups is 1. The number of aliphatic hydroxyl groups excluding tert-OH is 1. The van der Waals surface area contributed by atoms with E-state index in [0.29, 0.717) is 25.2 Å². The van der Waals surface area contributed by atoms with E-state index < -0.39 is 9.84 Å². The predicted octanol–water partition coefficient (Wildman–Crippen LogP) is -0.0708. The van der Waals surface area contributed by atoms with Gasteiger partial charge in [-0.25, -0.2) is 8.42 Å². The summed E-state index contributed by atoms with van der Waals surface area (Å²) in [7, 11) is -2.81. The molecule has 2 heterocycles. The van der Waals surface area contributed by atoms with Crippen molar-refractivity contribution in [1.82, 2.24) is 10.1 Å². The molecule has 6 nitrogen and oxygen atoms in total. The summed E-state index contributed by atoms with van der Waals surface area (Å²) in [5.74, 6) is 1.54. The quantitative estimate of drug-likeness (QED) is 0.802. The molecule has 1 aromatic rings. The Balaban J connectivity index is 1.91. The summed E-state index contributed by atoms with van der Waals surface area (Å²) < 4.78 is 27.4. The molecule has 1 saturated heterocycles.